The van der Waals surface area contributed by atoms with Crippen molar-refractivity contribution in [3.05, 3.63) is 22.6 Å². The number of hydrogen-bond donors (Lipinski definition) is 0. The lowest BCUT2D eigenvalue weighted by molar-refractivity contribution is -0.147. The van der Waals surface area contributed by atoms with E-state index in [0.717, 1.165) is 27.6 Å². The molecule has 0 radical (unpaired) electrons. The van der Waals surface area contributed by atoms with E-state index in [9.17, 15) is 13.2 Å². The summed E-state index contributed by atoms with van der Waals surface area (Å²) in [4.78, 5) is 13.1. The predicted octanol–water partition coefficient (Wildman–Crippen LogP) is 5.16. The molecule has 0 atom stereocenters. The minimum atomic E-state index is -4.54. The normalized spacial score (nSPS) is 14.5. The first-order valence-corrected chi connectivity index (χ1v) is 13.2. The van der Waals surface area contributed by atoms with Crippen molar-refractivity contribution in [1.29, 1.82) is 0 Å². The third kappa shape index (κ3) is 6.36. The standard InChI is InChI=1S/C22H29F3N6O2S2/c1-5-6-14-11-15-17(30-7-8-31-16(12-30)28-29-19(31)22(23,24)25)26-20(27-18(15)35-14)33-10-9-32-13-34-21(2,3)4/h11H,5-10,12-13H2,1-4H3. The highest BCUT2D eigenvalue weighted by Gasteiger charge is 2.39. The summed E-state index contributed by atoms with van der Waals surface area (Å²) in [6, 6.07) is 2.29. The fourth-order valence-electron chi connectivity index (χ4n) is 3.63. The van der Waals surface area contributed by atoms with Crippen LogP contribution in [-0.2, 0) is 30.4 Å². The Morgan fingerprint density at radius 1 is 1.11 bits per heavy atom. The number of aromatic nitrogens is 5. The Balaban J connectivity index is 1.53. The van der Waals surface area contributed by atoms with Crippen LogP contribution >= 0.6 is 23.1 Å². The molecule has 0 saturated heterocycles. The summed E-state index contributed by atoms with van der Waals surface area (Å²) in [5.74, 6) is 0.495. The zero-order chi connectivity index (χ0) is 25.2. The molecule has 8 nitrogen and oxygen atoms in total. The van der Waals surface area contributed by atoms with E-state index < -0.39 is 12.0 Å². The SMILES string of the molecule is CCCc1cc2c(N3CCn4c(nnc4C(F)(F)F)C3)nc(OCCOCSC(C)(C)C)nc2s1. The van der Waals surface area contributed by atoms with Crippen LogP contribution in [0.5, 0.6) is 6.01 Å². The van der Waals surface area contributed by atoms with Crippen LogP contribution in [0.25, 0.3) is 10.2 Å². The second kappa shape index (κ2) is 10.5. The van der Waals surface area contributed by atoms with E-state index in [2.05, 4.69) is 53.9 Å². The van der Waals surface area contributed by atoms with Crippen LogP contribution in [0.3, 0.4) is 0 Å². The molecule has 3 aromatic heterocycles. The monoisotopic (exact) mass is 530 g/mol. The molecule has 0 N–H and O–H groups in total. The van der Waals surface area contributed by atoms with Crippen molar-refractivity contribution in [2.24, 2.45) is 0 Å². The quantitative estimate of drug-likeness (QED) is 0.277. The molecule has 0 fully saturated rings. The van der Waals surface area contributed by atoms with Gasteiger partial charge in [0, 0.05) is 22.7 Å². The van der Waals surface area contributed by atoms with Crippen molar-refractivity contribution in [3.63, 3.8) is 0 Å². The average molecular weight is 531 g/mol. The molecular formula is C22H29F3N6O2S2. The van der Waals surface area contributed by atoms with Gasteiger partial charge in [0.05, 0.1) is 24.5 Å². The molecular weight excluding hydrogens is 501 g/mol. The molecule has 0 saturated carbocycles. The van der Waals surface area contributed by atoms with Gasteiger partial charge in [-0.2, -0.15) is 23.1 Å². The maximum absolute atomic E-state index is 13.2. The number of fused-ring (bicyclic) bond motifs is 2. The zero-order valence-corrected chi connectivity index (χ0v) is 21.8. The Labute approximate surface area is 210 Å². The van der Waals surface area contributed by atoms with Crippen LogP contribution in [0, 0.1) is 0 Å². The Hall–Kier alpha value is -2.12. The summed E-state index contributed by atoms with van der Waals surface area (Å²) in [6.45, 7) is 9.81. The Morgan fingerprint density at radius 3 is 2.63 bits per heavy atom. The molecule has 0 aromatic carbocycles. The van der Waals surface area contributed by atoms with Gasteiger partial charge in [-0.05, 0) is 12.5 Å². The number of halogens is 3. The minimum absolute atomic E-state index is 0.115. The number of alkyl halides is 3. The van der Waals surface area contributed by atoms with Crippen LogP contribution in [0.4, 0.5) is 19.0 Å². The zero-order valence-electron chi connectivity index (χ0n) is 20.2. The lowest BCUT2D eigenvalue weighted by Gasteiger charge is -2.29. The van der Waals surface area contributed by atoms with E-state index in [0.29, 0.717) is 31.5 Å². The summed E-state index contributed by atoms with van der Waals surface area (Å²) >= 11 is 3.29. The first kappa shape index (κ1) is 26.0. The van der Waals surface area contributed by atoms with Crippen LogP contribution in [0.1, 0.15) is 50.6 Å². The topological polar surface area (TPSA) is 78.2 Å². The minimum Gasteiger partial charge on any atom is -0.461 e. The van der Waals surface area contributed by atoms with Crippen molar-refractivity contribution in [2.45, 2.75) is 64.5 Å². The molecule has 4 rings (SSSR count). The van der Waals surface area contributed by atoms with Gasteiger partial charge < -0.3 is 18.9 Å². The third-order valence-corrected chi connectivity index (χ3v) is 7.48. The molecule has 0 unspecified atom stereocenters. The number of hydrogen-bond acceptors (Lipinski definition) is 9. The smallest absolute Gasteiger partial charge is 0.451 e. The number of thiophene rings is 1. The largest absolute Gasteiger partial charge is 0.461 e. The van der Waals surface area contributed by atoms with Gasteiger partial charge in [-0.3, -0.25) is 0 Å². The van der Waals surface area contributed by atoms with E-state index in [4.69, 9.17) is 9.47 Å². The van der Waals surface area contributed by atoms with Gasteiger partial charge in [-0.15, -0.1) is 33.3 Å². The molecule has 13 heteroatoms. The number of aryl methyl sites for hydroxylation is 1. The van der Waals surface area contributed by atoms with Crippen molar-refractivity contribution >= 4 is 39.1 Å². The number of thioether (sulfide) groups is 1. The lowest BCUT2D eigenvalue weighted by Crippen LogP contribution is -2.36. The molecule has 0 amide bonds. The molecule has 1 aliphatic rings. The molecule has 4 heterocycles. The number of anilines is 1. The Bertz CT molecular complexity index is 1160. The first-order valence-electron chi connectivity index (χ1n) is 11.4. The molecule has 35 heavy (non-hydrogen) atoms. The third-order valence-electron chi connectivity index (χ3n) is 5.24. The summed E-state index contributed by atoms with van der Waals surface area (Å²) in [6.07, 6.45) is -2.62. The second-order valence-corrected chi connectivity index (χ2v) is 12.0. The molecule has 0 bridgehead atoms. The fraction of sp³-hybridized carbons (Fsp3) is 0.636. The molecule has 192 valence electrons. The predicted molar refractivity (Wildman–Crippen MR) is 131 cm³/mol. The highest BCUT2D eigenvalue weighted by atomic mass is 32.2. The summed E-state index contributed by atoms with van der Waals surface area (Å²) < 4.78 is 52.4. The van der Waals surface area contributed by atoms with E-state index in [1.807, 2.05) is 4.90 Å². The second-order valence-electron chi connectivity index (χ2n) is 9.15. The maximum atomic E-state index is 13.2. The Morgan fingerprint density at radius 2 is 1.91 bits per heavy atom. The lowest BCUT2D eigenvalue weighted by atomic mass is 10.2. The number of rotatable bonds is 9. The first-order chi connectivity index (χ1) is 16.5. The van der Waals surface area contributed by atoms with E-state index in [1.165, 1.54) is 4.88 Å². The van der Waals surface area contributed by atoms with Gasteiger partial charge in [-0.25, -0.2) is 0 Å². The average Bonchev–Trinajstić information content (AvgIpc) is 3.38. The van der Waals surface area contributed by atoms with Gasteiger partial charge in [0.1, 0.15) is 17.3 Å². The van der Waals surface area contributed by atoms with Crippen LogP contribution < -0.4 is 9.64 Å². The highest BCUT2D eigenvalue weighted by Crippen LogP contribution is 2.36. The Kier molecular flexibility index (Phi) is 7.77. The number of nitrogens with zero attached hydrogens (tertiary/aromatic N) is 6. The van der Waals surface area contributed by atoms with Crippen molar-refractivity contribution in [2.75, 3.05) is 30.6 Å². The summed E-state index contributed by atoms with van der Waals surface area (Å²) in [5, 5.41) is 8.04. The molecule has 0 aliphatic carbocycles. The molecule has 3 aromatic rings. The number of ether oxygens (including phenoxy) is 2. The van der Waals surface area contributed by atoms with Crippen LogP contribution in [-0.4, -0.2) is 55.2 Å². The van der Waals surface area contributed by atoms with Crippen LogP contribution in [0.2, 0.25) is 0 Å². The molecule has 0 spiro atoms. The molecule has 1 aliphatic heterocycles. The van der Waals surface area contributed by atoms with Gasteiger partial charge in [-0.1, -0.05) is 34.1 Å². The van der Waals surface area contributed by atoms with E-state index in [1.54, 1.807) is 23.1 Å². The summed E-state index contributed by atoms with van der Waals surface area (Å²) in [5.41, 5.74) is 0. The van der Waals surface area contributed by atoms with Crippen molar-refractivity contribution in [1.82, 2.24) is 24.7 Å². The van der Waals surface area contributed by atoms with E-state index in [-0.39, 0.29) is 29.7 Å². The van der Waals surface area contributed by atoms with Crippen molar-refractivity contribution < 1.29 is 22.6 Å². The fourth-order valence-corrected chi connectivity index (χ4v) is 5.30. The highest BCUT2D eigenvalue weighted by molar-refractivity contribution is 8.00. The van der Waals surface area contributed by atoms with E-state index >= 15 is 0 Å². The summed E-state index contributed by atoms with van der Waals surface area (Å²) in [7, 11) is 0. The van der Waals surface area contributed by atoms with Gasteiger partial charge in [0.25, 0.3) is 0 Å². The van der Waals surface area contributed by atoms with Crippen molar-refractivity contribution in [3.8, 4) is 6.01 Å². The maximum Gasteiger partial charge on any atom is 0.451 e. The van der Waals surface area contributed by atoms with Gasteiger partial charge >= 0.3 is 12.2 Å². The van der Waals surface area contributed by atoms with Gasteiger partial charge in [0.2, 0.25) is 5.82 Å². The van der Waals surface area contributed by atoms with Gasteiger partial charge in [0.15, 0.2) is 5.82 Å². The van der Waals surface area contributed by atoms with Crippen LogP contribution in [0.15, 0.2) is 6.07 Å².